The molecule has 33 heavy (non-hydrogen) atoms. The van der Waals surface area contributed by atoms with E-state index in [0.717, 1.165) is 18.4 Å². The quantitative estimate of drug-likeness (QED) is 0.401. The first kappa shape index (κ1) is 22.5. The Labute approximate surface area is 193 Å². The van der Waals surface area contributed by atoms with Crippen molar-refractivity contribution in [3.05, 3.63) is 70.0 Å². The van der Waals surface area contributed by atoms with Gasteiger partial charge in [-0.25, -0.2) is 0 Å². The monoisotopic (exact) mass is 466 g/mol. The minimum absolute atomic E-state index is 0.144. The number of anilines is 1. The molecule has 0 bridgehead atoms. The molecule has 1 saturated carbocycles. The fourth-order valence-electron chi connectivity index (χ4n) is 4.09. The number of nitrogens with two attached hydrogens (primary N) is 1. The smallest absolute Gasteiger partial charge is 0.270 e. The molecule has 0 unspecified atom stereocenters. The Morgan fingerprint density at radius 3 is 2.45 bits per heavy atom. The number of nitro groups is 1. The summed E-state index contributed by atoms with van der Waals surface area (Å²) in [6, 6.07) is 11.1. The number of non-ortho nitro benzene ring substituents is 1. The number of nitro benzene ring substituents is 1. The summed E-state index contributed by atoms with van der Waals surface area (Å²) in [5, 5.41) is 22.4. The molecule has 1 aliphatic carbocycles. The van der Waals surface area contributed by atoms with Crippen LogP contribution in [-0.2, 0) is 17.3 Å². The van der Waals surface area contributed by atoms with E-state index in [1.165, 1.54) is 36.3 Å². The molecule has 4 rings (SSSR count). The van der Waals surface area contributed by atoms with Crippen LogP contribution in [0.15, 0.2) is 58.8 Å². The standard InChI is InChI=1S/C22H22N6O4S/c1-27-13-24-26-21(27)33-18-9-8-16(28(31)32)12-17(18)19(29)25-15-6-4-14(5-7-15)22(20(23)30)10-2-3-11-22/h4-9,12-13H,2-3,10-11H2,1H3,(H2,23,30)(H,25,29). The van der Waals surface area contributed by atoms with E-state index in [1.54, 1.807) is 35.9 Å². The second kappa shape index (κ2) is 9.02. The van der Waals surface area contributed by atoms with Crippen molar-refractivity contribution in [2.45, 2.75) is 41.2 Å². The number of nitrogens with zero attached hydrogens (tertiary/aromatic N) is 4. The Bertz CT molecular complexity index is 1220. The van der Waals surface area contributed by atoms with Gasteiger partial charge >= 0.3 is 0 Å². The van der Waals surface area contributed by atoms with Crippen LogP contribution in [0.1, 0.15) is 41.6 Å². The van der Waals surface area contributed by atoms with Crippen molar-refractivity contribution >= 4 is 35.0 Å². The van der Waals surface area contributed by atoms with Crippen molar-refractivity contribution < 1.29 is 14.5 Å². The van der Waals surface area contributed by atoms with Crippen LogP contribution in [0.25, 0.3) is 0 Å². The van der Waals surface area contributed by atoms with Gasteiger partial charge in [0, 0.05) is 29.8 Å². The van der Waals surface area contributed by atoms with E-state index >= 15 is 0 Å². The molecule has 10 nitrogen and oxygen atoms in total. The lowest BCUT2D eigenvalue weighted by Crippen LogP contribution is -2.38. The lowest BCUT2D eigenvalue weighted by molar-refractivity contribution is -0.384. The van der Waals surface area contributed by atoms with Crippen molar-refractivity contribution in [2.24, 2.45) is 12.8 Å². The molecule has 1 aliphatic rings. The number of rotatable bonds is 7. The van der Waals surface area contributed by atoms with Crippen molar-refractivity contribution in [3.8, 4) is 0 Å². The van der Waals surface area contributed by atoms with Gasteiger partial charge in [0.25, 0.3) is 11.6 Å². The molecule has 0 saturated heterocycles. The first-order valence-electron chi connectivity index (χ1n) is 10.3. The van der Waals surface area contributed by atoms with E-state index < -0.39 is 16.2 Å². The molecular weight excluding hydrogens is 444 g/mol. The van der Waals surface area contributed by atoms with Crippen molar-refractivity contribution in [3.63, 3.8) is 0 Å². The molecule has 170 valence electrons. The van der Waals surface area contributed by atoms with E-state index in [4.69, 9.17) is 5.73 Å². The van der Waals surface area contributed by atoms with Gasteiger partial charge in [-0.05, 0) is 48.4 Å². The zero-order valence-corrected chi connectivity index (χ0v) is 18.7. The van der Waals surface area contributed by atoms with E-state index in [1.807, 2.05) is 0 Å². The molecule has 1 fully saturated rings. The molecule has 2 amide bonds. The zero-order valence-electron chi connectivity index (χ0n) is 17.9. The van der Waals surface area contributed by atoms with Crippen LogP contribution in [0.5, 0.6) is 0 Å². The number of nitrogens with one attached hydrogen (secondary N) is 1. The molecule has 0 aliphatic heterocycles. The molecule has 1 heterocycles. The largest absolute Gasteiger partial charge is 0.369 e. The molecule has 1 aromatic heterocycles. The maximum atomic E-state index is 13.1. The Hall–Kier alpha value is -3.73. The molecule has 0 spiro atoms. The first-order chi connectivity index (χ1) is 15.8. The van der Waals surface area contributed by atoms with Gasteiger partial charge in [0.1, 0.15) is 6.33 Å². The van der Waals surface area contributed by atoms with Gasteiger partial charge in [-0.15, -0.1) is 10.2 Å². The van der Waals surface area contributed by atoms with Gasteiger partial charge in [0.2, 0.25) is 5.91 Å². The summed E-state index contributed by atoms with van der Waals surface area (Å²) in [5.41, 5.74) is 6.33. The number of carbonyl (C=O) groups excluding carboxylic acids is 2. The van der Waals surface area contributed by atoms with Crippen LogP contribution in [0, 0.1) is 10.1 Å². The minimum atomic E-state index is -0.664. The van der Waals surface area contributed by atoms with Gasteiger partial charge in [-0.3, -0.25) is 19.7 Å². The fourth-order valence-corrected chi connectivity index (χ4v) is 4.96. The highest BCUT2D eigenvalue weighted by Crippen LogP contribution is 2.41. The zero-order chi connectivity index (χ0) is 23.6. The number of hydrogen-bond acceptors (Lipinski definition) is 7. The van der Waals surface area contributed by atoms with Crippen LogP contribution >= 0.6 is 11.8 Å². The summed E-state index contributed by atoms with van der Waals surface area (Å²) in [4.78, 5) is 36.4. The predicted molar refractivity (Wildman–Crippen MR) is 122 cm³/mol. The van der Waals surface area contributed by atoms with Crippen LogP contribution < -0.4 is 11.1 Å². The summed E-state index contributed by atoms with van der Waals surface area (Å²) >= 11 is 1.18. The number of aryl methyl sites for hydroxylation is 1. The number of amides is 2. The van der Waals surface area contributed by atoms with Crippen LogP contribution in [0.4, 0.5) is 11.4 Å². The normalized spacial score (nSPS) is 14.7. The van der Waals surface area contributed by atoms with Gasteiger partial charge in [-0.1, -0.05) is 25.0 Å². The molecule has 2 aromatic carbocycles. The van der Waals surface area contributed by atoms with Crippen molar-refractivity contribution in [2.75, 3.05) is 5.32 Å². The third-order valence-electron chi connectivity index (χ3n) is 5.91. The lowest BCUT2D eigenvalue weighted by Gasteiger charge is -2.25. The summed E-state index contributed by atoms with van der Waals surface area (Å²) in [7, 11) is 1.76. The fraction of sp³-hybridized carbons (Fsp3) is 0.273. The van der Waals surface area contributed by atoms with Gasteiger partial charge < -0.3 is 15.6 Å². The highest BCUT2D eigenvalue weighted by molar-refractivity contribution is 7.99. The van der Waals surface area contributed by atoms with E-state index in [9.17, 15) is 19.7 Å². The Balaban J connectivity index is 1.60. The second-order valence-corrected chi connectivity index (χ2v) is 8.96. The number of benzene rings is 2. The summed E-state index contributed by atoms with van der Waals surface area (Å²) in [5.74, 6) is -0.833. The third-order valence-corrected chi connectivity index (χ3v) is 7.04. The molecule has 0 radical (unpaired) electrons. The Morgan fingerprint density at radius 2 is 1.88 bits per heavy atom. The molecule has 3 aromatic rings. The number of carbonyl (C=O) groups is 2. The predicted octanol–water partition coefficient (Wildman–Crippen LogP) is 3.42. The molecule has 3 N–H and O–H groups in total. The second-order valence-electron chi connectivity index (χ2n) is 7.95. The maximum absolute atomic E-state index is 13.1. The molecular formula is C22H22N6O4S. The summed E-state index contributed by atoms with van der Waals surface area (Å²) in [6.45, 7) is 0. The van der Waals surface area contributed by atoms with Gasteiger partial charge in [0.05, 0.1) is 15.9 Å². The van der Waals surface area contributed by atoms with E-state index in [0.29, 0.717) is 28.6 Å². The lowest BCUT2D eigenvalue weighted by atomic mass is 9.78. The van der Waals surface area contributed by atoms with Gasteiger partial charge in [0.15, 0.2) is 5.16 Å². The maximum Gasteiger partial charge on any atom is 0.270 e. The summed E-state index contributed by atoms with van der Waals surface area (Å²) < 4.78 is 1.68. The number of hydrogen-bond donors (Lipinski definition) is 2. The Kier molecular flexibility index (Phi) is 6.14. The van der Waals surface area contributed by atoms with Crippen LogP contribution in [0.3, 0.4) is 0 Å². The highest BCUT2D eigenvalue weighted by Gasteiger charge is 2.41. The van der Waals surface area contributed by atoms with Crippen molar-refractivity contribution in [1.82, 2.24) is 14.8 Å². The Morgan fingerprint density at radius 1 is 1.18 bits per heavy atom. The average molecular weight is 467 g/mol. The van der Waals surface area contributed by atoms with Gasteiger partial charge in [-0.2, -0.15) is 0 Å². The van der Waals surface area contributed by atoms with E-state index in [-0.39, 0.29) is 17.2 Å². The minimum Gasteiger partial charge on any atom is -0.369 e. The summed E-state index contributed by atoms with van der Waals surface area (Å²) in [6.07, 6.45) is 4.84. The number of aromatic nitrogens is 3. The highest BCUT2D eigenvalue weighted by atomic mass is 32.2. The molecule has 0 atom stereocenters. The van der Waals surface area contributed by atoms with Crippen LogP contribution in [0.2, 0.25) is 0 Å². The SMILES string of the molecule is Cn1cnnc1Sc1ccc([N+](=O)[O-])cc1C(=O)Nc1ccc(C2(C(N)=O)CCCC2)cc1. The van der Waals surface area contributed by atoms with Crippen LogP contribution in [-0.4, -0.2) is 31.5 Å². The number of primary amides is 1. The topological polar surface area (TPSA) is 146 Å². The van der Waals surface area contributed by atoms with Crippen molar-refractivity contribution in [1.29, 1.82) is 0 Å². The average Bonchev–Trinajstić information content (AvgIpc) is 3.45. The molecule has 11 heteroatoms. The third kappa shape index (κ3) is 4.44. The first-order valence-corrected chi connectivity index (χ1v) is 11.1. The van der Waals surface area contributed by atoms with E-state index in [2.05, 4.69) is 15.5 Å².